The number of nitrogens with one attached hydrogen (secondary N) is 1. The van der Waals surface area contributed by atoms with E-state index in [9.17, 15) is 17.2 Å². The molecule has 0 aromatic heterocycles. The van der Waals surface area contributed by atoms with Crippen LogP contribution in [-0.2, 0) is 9.84 Å². The molecule has 0 radical (unpaired) electrons. The molecular weight excluding hydrogens is 286 g/mol. The summed E-state index contributed by atoms with van der Waals surface area (Å²) in [6.07, 6.45) is 2.06. The predicted molar refractivity (Wildman–Crippen MR) is 68.0 cm³/mol. The summed E-state index contributed by atoms with van der Waals surface area (Å²) in [6, 6.07) is 3.79. The van der Waals surface area contributed by atoms with Gasteiger partial charge in [0.2, 0.25) is 9.84 Å². The summed E-state index contributed by atoms with van der Waals surface area (Å²) in [5.74, 6) is -2.07. The van der Waals surface area contributed by atoms with Gasteiger partial charge in [0.1, 0.15) is 22.6 Å². The van der Waals surface area contributed by atoms with Crippen LogP contribution >= 0.6 is 0 Å². The lowest BCUT2D eigenvalue weighted by Gasteiger charge is -2.18. The first kappa shape index (κ1) is 14.5. The predicted octanol–water partition coefficient (Wildman–Crippen LogP) is 2.25. The zero-order valence-electron chi connectivity index (χ0n) is 10.5. The highest BCUT2D eigenvalue weighted by molar-refractivity contribution is 7.95. The molecule has 1 aliphatic rings. The van der Waals surface area contributed by atoms with Crippen molar-refractivity contribution in [2.75, 3.05) is 6.54 Å². The number of halogens is 2. The van der Waals surface area contributed by atoms with Crippen LogP contribution in [0.5, 0.6) is 0 Å². The fourth-order valence-electron chi connectivity index (χ4n) is 2.04. The van der Waals surface area contributed by atoms with Gasteiger partial charge < -0.3 is 5.32 Å². The summed E-state index contributed by atoms with van der Waals surface area (Å²) in [5.41, 5.74) is 0.294. The third-order valence-electron chi connectivity index (χ3n) is 3.02. The molecule has 1 fully saturated rings. The molecule has 20 heavy (non-hydrogen) atoms. The van der Waals surface area contributed by atoms with Crippen LogP contribution in [0.25, 0.3) is 0 Å². The lowest BCUT2D eigenvalue weighted by Crippen LogP contribution is -2.24. The van der Waals surface area contributed by atoms with E-state index in [0.29, 0.717) is 24.7 Å². The van der Waals surface area contributed by atoms with E-state index in [1.54, 1.807) is 6.07 Å². The Morgan fingerprint density at radius 1 is 1.30 bits per heavy atom. The minimum absolute atomic E-state index is 0.294. The van der Waals surface area contributed by atoms with E-state index in [-0.39, 0.29) is 0 Å². The molecule has 1 aromatic rings. The molecule has 0 aliphatic carbocycles. The third-order valence-corrected chi connectivity index (χ3v) is 4.81. The van der Waals surface area contributed by atoms with Crippen molar-refractivity contribution < 1.29 is 17.2 Å². The van der Waals surface area contributed by atoms with Crippen LogP contribution in [0, 0.1) is 23.0 Å². The van der Waals surface area contributed by atoms with Gasteiger partial charge in [0.25, 0.3) is 0 Å². The van der Waals surface area contributed by atoms with Gasteiger partial charge in [0, 0.05) is 18.3 Å². The molecule has 106 valence electrons. The highest BCUT2D eigenvalue weighted by Gasteiger charge is 2.28. The number of sulfone groups is 1. The molecule has 1 saturated heterocycles. The Kier molecular flexibility index (Phi) is 4.04. The second kappa shape index (κ2) is 5.59. The standard InChI is InChI=1S/C13H12F2N2O2S/c14-9-4-5-12(10(15)7-9)20(18,19)13(8-16)11-3-1-2-6-17-11/h4-5,7,17H,1-3,6H2/b13-11+. The Morgan fingerprint density at radius 3 is 2.60 bits per heavy atom. The molecule has 1 N–H and O–H groups in total. The smallest absolute Gasteiger partial charge is 0.221 e. The van der Waals surface area contributed by atoms with Crippen LogP contribution in [0.3, 0.4) is 0 Å². The van der Waals surface area contributed by atoms with E-state index in [2.05, 4.69) is 5.32 Å². The van der Waals surface area contributed by atoms with Crippen molar-refractivity contribution in [2.45, 2.75) is 24.2 Å². The van der Waals surface area contributed by atoms with Gasteiger partial charge in [-0.3, -0.25) is 0 Å². The normalized spacial score (nSPS) is 18.1. The summed E-state index contributed by atoms with van der Waals surface area (Å²) in [6.45, 7) is 0.571. The van der Waals surface area contributed by atoms with Gasteiger partial charge in [-0.1, -0.05) is 0 Å². The zero-order chi connectivity index (χ0) is 14.8. The number of hydrogen-bond donors (Lipinski definition) is 1. The molecule has 1 heterocycles. The Bertz CT molecular complexity index is 698. The molecule has 1 aromatic carbocycles. The minimum atomic E-state index is -4.28. The summed E-state index contributed by atoms with van der Waals surface area (Å²) in [5, 5.41) is 12.0. The molecule has 0 atom stereocenters. The second-order valence-electron chi connectivity index (χ2n) is 4.38. The topological polar surface area (TPSA) is 70.0 Å². The van der Waals surface area contributed by atoms with E-state index >= 15 is 0 Å². The van der Waals surface area contributed by atoms with Crippen LogP contribution in [-0.4, -0.2) is 15.0 Å². The van der Waals surface area contributed by atoms with Crippen molar-refractivity contribution in [3.8, 4) is 6.07 Å². The summed E-state index contributed by atoms with van der Waals surface area (Å²) in [7, 11) is -4.28. The highest BCUT2D eigenvalue weighted by atomic mass is 32.2. The van der Waals surface area contributed by atoms with Crippen molar-refractivity contribution in [3.63, 3.8) is 0 Å². The SMILES string of the molecule is N#C/C(=C1/CCCCN1)S(=O)(=O)c1ccc(F)cc1F. The number of piperidine rings is 1. The van der Waals surface area contributed by atoms with Crippen molar-refractivity contribution >= 4 is 9.84 Å². The number of nitrogens with zero attached hydrogens (tertiary/aromatic N) is 1. The zero-order valence-corrected chi connectivity index (χ0v) is 11.3. The van der Waals surface area contributed by atoms with Gasteiger partial charge in [0.15, 0.2) is 4.91 Å². The quantitative estimate of drug-likeness (QED) is 0.671. The van der Waals surface area contributed by atoms with Gasteiger partial charge in [-0.2, -0.15) is 5.26 Å². The maximum Gasteiger partial charge on any atom is 0.221 e. The largest absolute Gasteiger partial charge is 0.387 e. The Labute approximate surface area is 115 Å². The average Bonchev–Trinajstić information content (AvgIpc) is 2.40. The fourth-order valence-corrected chi connectivity index (χ4v) is 3.44. The molecule has 0 saturated carbocycles. The lowest BCUT2D eigenvalue weighted by atomic mass is 10.1. The van der Waals surface area contributed by atoms with Crippen molar-refractivity contribution in [1.29, 1.82) is 5.26 Å². The van der Waals surface area contributed by atoms with Crippen LogP contribution in [0.1, 0.15) is 19.3 Å². The van der Waals surface area contributed by atoms with Gasteiger partial charge in [0.05, 0.1) is 0 Å². The number of benzene rings is 1. The molecule has 1 aliphatic heterocycles. The van der Waals surface area contributed by atoms with Crippen molar-refractivity contribution in [3.05, 3.63) is 40.4 Å². The first-order chi connectivity index (χ1) is 9.46. The maximum absolute atomic E-state index is 13.6. The van der Waals surface area contributed by atoms with Crippen molar-refractivity contribution in [1.82, 2.24) is 5.32 Å². The number of allylic oxidation sites excluding steroid dienone is 2. The molecule has 0 unspecified atom stereocenters. The van der Waals surface area contributed by atoms with Crippen LogP contribution < -0.4 is 5.32 Å². The molecule has 0 spiro atoms. The molecular formula is C13H12F2N2O2S. The molecule has 7 heteroatoms. The van der Waals surface area contributed by atoms with Crippen molar-refractivity contribution in [2.24, 2.45) is 0 Å². The minimum Gasteiger partial charge on any atom is -0.387 e. The van der Waals surface area contributed by atoms with Crippen LogP contribution in [0.4, 0.5) is 8.78 Å². The maximum atomic E-state index is 13.6. The van der Waals surface area contributed by atoms with Crippen LogP contribution in [0.2, 0.25) is 0 Å². The number of rotatable bonds is 2. The summed E-state index contributed by atoms with van der Waals surface area (Å²) >= 11 is 0. The van der Waals surface area contributed by atoms with E-state index in [0.717, 1.165) is 25.0 Å². The highest BCUT2D eigenvalue weighted by Crippen LogP contribution is 2.26. The van der Waals surface area contributed by atoms with Gasteiger partial charge in [-0.25, -0.2) is 17.2 Å². The molecule has 4 nitrogen and oxygen atoms in total. The first-order valence-electron chi connectivity index (χ1n) is 6.04. The van der Waals surface area contributed by atoms with Gasteiger partial charge >= 0.3 is 0 Å². The number of hydrogen-bond acceptors (Lipinski definition) is 4. The van der Waals surface area contributed by atoms with E-state index in [1.807, 2.05) is 0 Å². The Hall–Kier alpha value is -1.94. The summed E-state index contributed by atoms with van der Waals surface area (Å²) < 4.78 is 51.1. The monoisotopic (exact) mass is 298 g/mol. The van der Waals surface area contributed by atoms with Crippen LogP contribution in [0.15, 0.2) is 33.7 Å². The summed E-state index contributed by atoms with van der Waals surface area (Å²) in [4.78, 5) is -1.18. The van der Waals surface area contributed by atoms with E-state index in [1.165, 1.54) is 0 Å². The first-order valence-corrected chi connectivity index (χ1v) is 7.52. The fraction of sp³-hybridized carbons (Fsp3) is 0.308. The number of nitriles is 1. The van der Waals surface area contributed by atoms with E-state index in [4.69, 9.17) is 5.26 Å². The third kappa shape index (κ3) is 2.65. The Balaban J connectivity index is 2.56. The van der Waals surface area contributed by atoms with Gasteiger partial charge in [-0.15, -0.1) is 0 Å². The Morgan fingerprint density at radius 2 is 2.05 bits per heavy atom. The second-order valence-corrected chi connectivity index (χ2v) is 6.24. The van der Waals surface area contributed by atoms with E-state index < -0.39 is 31.3 Å². The molecule has 0 bridgehead atoms. The lowest BCUT2D eigenvalue weighted by molar-refractivity contribution is 0.550. The average molecular weight is 298 g/mol. The molecule has 2 rings (SSSR count). The van der Waals surface area contributed by atoms with Gasteiger partial charge in [-0.05, 0) is 31.4 Å². The molecule has 0 amide bonds.